The van der Waals surface area contributed by atoms with Gasteiger partial charge in [0, 0.05) is 18.0 Å². The molecule has 28 heavy (non-hydrogen) atoms. The molecule has 2 aromatic heterocycles. The molecule has 144 valence electrons. The first-order valence-corrected chi connectivity index (χ1v) is 9.25. The molecular weight excluding hydrogens is 356 g/mol. The molecule has 4 rings (SSSR count). The van der Waals surface area contributed by atoms with Gasteiger partial charge in [-0.2, -0.15) is 5.10 Å². The molecule has 0 bridgehead atoms. The summed E-state index contributed by atoms with van der Waals surface area (Å²) in [5.74, 6) is -0.471. The number of hydrogen-bond donors (Lipinski definition) is 2. The third-order valence-electron chi connectivity index (χ3n) is 5.00. The number of rotatable bonds is 5. The molecule has 1 aliphatic heterocycles. The van der Waals surface area contributed by atoms with Gasteiger partial charge in [0.1, 0.15) is 0 Å². The normalized spacial score (nSPS) is 15.5. The standard InChI is InChI=1S/C20H22N6O2/c1-25-10-7-17(8-11-25)26-13-16(12-22-26)23-20-21-9-6-18(24-20)14-2-4-15(5-3-14)19(27)28/h2-6,9,12-13,17H,7-8,10-11H2,1H3,(H,27,28)(H,21,23,24). The number of carboxylic acids is 1. The molecule has 0 atom stereocenters. The largest absolute Gasteiger partial charge is 0.478 e. The van der Waals surface area contributed by atoms with E-state index in [1.54, 1.807) is 42.7 Å². The third-order valence-corrected chi connectivity index (χ3v) is 5.00. The molecule has 0 aliphatic carbocycles. The molecule has 0 radical (unpaired) electrons. The van der Waals surface area contributed by atoms with Gasteiger partial charge in [-0.3, -0.25) is 4.68 Å². The molecule has 0 spiro atoms. The lowest BCUT2D eigenvalue weighted by Crippen LogP contribution is -2.31. The van der Waals surface area contributed by atoms with Crippen molar-refractivity contribution < 1.29 is 9.90 Å². The van der Waals surface area contributed by atoms with E-state index in [1.165, 1.54) is 0 Å². The number of aromatic carboxylic acids is 1. The van der Waals surface area contributed by atoms with Crippen molar-refractivity contribution in [2.45, 2.75) is 18.9 Å². The van der Waals surface area contributed by atoms with Gasteiger partial charge in [-0.15, -0.1) is 0 Å². The summed E-state index contributed by atoms with van der Waals surface area (Å²) in [5.41, 5.74) is 2.64. The first-order valence-electron chi connectivity index (χ1n) is 9.25. The van der Waals surface area contributed by atoms with Crippen molar-refractivity contribution in [1.82, 2.24) is 24.6 Å². The fraction of sp³-hybridized carbons (Fsp3) is 0.300. The number of carbonyl (C=O) groups is 1. The second-order valence-corrected chi connectivity index (χ2v) is 7.02. The summed E-state index contributed by atoms with van der Waals surface area (Å²) in [6.45, 7) is 2.16. The van der Waals surface area contributed by atoms with Crippen LogP contribution in [0.1, 0.15) is 29.2 Å². The fourth-order valence-corrected chi connectivity index (χ4v) is 3.35. The highest BCUT2D eigenvalue weighted by atomic mass is 16.4. The third kappa shape index (κ3) is 4.01. The van der Waals surface area contributed by atoms with Crippen LogP contribution in [0.5, 0.6) is 0 Å². The van der Waals surface area contributed by atoms with Crippen LogP contribution < -0.4 is 5.32 Å². The number of piperidine rings is 1. The van der Waals surface area contributed by atoms with E-state index in [-0.39, 0.29) is 5.56 Å². The van der Waals surface area contributed by atoms with Crippen LogP contribution in [-0.4, -0.2) is 55.9 Å². The summed E-state index contributed by atoms with van der Waals surface area (Å²) in [6, 6.07) is 8.84. The van der Waals surface area contributed by atoms with Gasteiger partial charge in [0.25, 0.3) is 0 Å². The summed E-state index contributed by atoms with van der Waals surface area (Å²) >= 11 is 0. The van der Waals surface area contributed by atoms with Gasteiger partial charge in [0.15, 0.2) is 0 Å². The lowest BCUT2D eigenvalue weighted by molar-refractivity contribution is 0.0697. The Labute approximate surface area is 162 Å². The molecule has 1 aliphatic rings. The SMILES string of the molecule is CN1CCC(n2cc(Nc3nccc(-c4ccc(C(=O)O)cc4)n3)cn2)CC1. The maximum Gasteiger partial charge on any atom is 0.335 e. The summed E-state index contributed by atoms with van der Waals surface area (Å²) in [7, 11) is 2.14. The average Bonchev–Trinajstić information content (AvgIpc) is 3.17. The highest BCUT2D eigenvalue weighted by molar-refractivity contribution is 5.88. The van der Waals surface area contributed by atoms with E-state index in [0.29, 0.717) is 12.0 Å². The highest BCUT2D eigenvalue weighted by Gasteiger charge is 2.19. The van der Waals surface area contributed by atoms with E-state index in [1.807, 2.05) is 10.9 Å². The van der Waals surface area contributed by atoms with Crippen LogP contribution in [0, 0.1) is 0 Å². The number of likely N-dealkylation sites (tertiary alicyclic amines) is 1. The van der Waals surface area contributed by atoms with Gasteiger partial charge in [-0.1, -0.05) is 12.1 Å². The van der Waals surface area contributed by atoms with E-state index in [0.717, 1.165) is 42.9 Å². The maximum atomic E-state index is 11.0. The predicted octanol–water partition coefficient (Wildman–Crippen LogP) is 3.05. The molecule has 3 aromatic rings. The van der Waals surface area contributed by atoms with Crippen molar-refractivity contribution in [2.24, 2.45) is 0 Å². The Hall–Kier alpha value is -3.26. The van der Waals surface area contributed by atoms with Gasteiger partial charge < -0.3 is 15.3 Å². The zero-order valence-corrected chi connectivity index (χ0v) is 15.6. The molecule has 1 fully saturated rings. The lowest BCUT2D eigenvalue weighted by Gasteiger charge is -2.28. The predicted molar refractivity (Wildman–Crippen MR) is 106 cm³/mol. The molecule has 0 amide bonds. The summed E-state index contributed by atoms with van der Waals surface area (Å²) in [5, 5.41) is 16.7. The van der Waals surface area contributed by atoms with E-state index >= 15 is 0 Å². The Morgan fingerprint density at radius 2 is 1.93 bits per heavy atom. The van der Waals surface area contributed by atoms with Crippen LogP contribution in [0.2, 0.25) is 0 Å². The topological polar surface area (TPSA) is 96.2 Å². The van der Waals surface area contributed by atoms with Gasteiger partial charge >= 0.3 is 5.97 Å². The van der Waals surface area contributed by atoms with Crippen molar-refractivity contribution >= 4 is 17.6 Å². The van der Waals surface area contributed by atoms with E-state index in [9.17, 15) is 4.79 Å². The van der Waals surface area contributed by atoms with Crippen molar-refractivity contribution in [1.29, 1.82) is 0 Å². The average molecular weight is 378 g/mol. The van der Waals surface area contributed by atoms with Gasteiger partial charge in [0.05, 0.1) is 29.2 Å². The Kier molecular flexibility index (Phi) is 5.03. The van der Waals surface area contributed by atoms with Crippen LogP contribution in [0.15, 0.2) is 48.9 Å². The smallest absolute Gasteiger partial charge is 0.335 e. The summed E-state index contributed by atoms with van der Waals surface area (Å²) in [6.07, 6.45) is 7.65. The number of nitrogens with zero attached hydrogens (tertiary/aromatic N) is 5. The second kappa shape index (κ2) is 7.77. The summed E-state index contributed by atoms with van der Waals surface area (Å²) < 4.78 is 2.02. The minimum atomic E-state index is -0.946. The van der Waals surface area contributed by atoms with Gasteiger partial charge in [-0.25, -0.2) is 14.8 Å². The summed E-state index contributed by atoms with van der Waals surface area (Å²) in [4.78, 5) is 22.1. The Morgan fingerprint density at radius 3 is 2.64 bits per heavy atom. The first-order chi connectivity index (χ1) is 13.6. The Balaban J connectivity index is 1.47. The number of hydrogen-bond acceptors (Lipinski definition) is 6. The quantitative estimate of drug-likeness (QED) is 0.704. The van der Waals surface area contributed by atoms with Crippen LogP contribution in [0.4, 0.5) is 11.6 Å². The molecular formula is C20H22N6O2. The van der Waals surface area contributed by atoms with Crippen molar-refractivity contribution in [3.8, 4) is 11.3 Å². The van der Waals surface area contributed by atoms with Crippen molar-refractivity contribution in [2.75, 3.05) is 25.5 Å². The fourth-order valence-electron chi connectivity index (χ4n) is 3.35. The van der Waals surface area contributed by atoms with Gasteiger partial charge in [-0.05, 0) is 51.2 Å². The zero-order chi connectivity index (χ0) is 19.5. The molecule has 8 heteroatoms. The van der Waals surface area contributed by atoms with Crippen molar-refractivity contribution in [3.63, 3.8) is 0 Å². The van der Waals surface area contributed by atoms with Crippen LogP contribution in [0.3, 0.4) is 0 Å². The maximum absolute atomic E-state index is 11.0. The minimum Gasteiger partial charge on any atom is -0.478 e. The molecule has 8 nitrogen and oxygen atoms in total. The molecule has 2 N–H and O–H groups in total. The van der Waals surface area contributed by atoms with Crippen LogP contribution in [-0.2, 0) is 0 Å². The molecule has 0 unspecified atom stereocenters. The van der Waals surface area contributed by atoms with Gasteiger partial charge in [0.2, 0.25) is 5.95 Å². The van der Waals surface area contributed by atoms with Crippen LogP contribution in [0.25, 0.3) is 11.3 Å². The molecule has 1 aromatic carbocycles. The Bertz CT molecular complexity index is 961. The lowest BCUT2D eigenvalue weighted by atomic mass is 10.1. The number of aromatic nitrogens is 4. The van der Waals surface area contributed by atoms with E-state index in [2.05, 4.69) is 32.3 Å². The number of anilines is 2. The highest BCUT2D eigenvalue weighted by Crippen LogP contribution is 2.24. The number of carboxylic acid groups (broad SMARTS) is 1. The molecule has 1 saturated heterocycles. The number of benzene rings is 1. The van der Waals surface area contributed by atoms with Crippen LogP contribution >= 0.6 is 0 Å². The second-order valence-electron chi connectivity index (χ2n) is 7.02. The van der Waals surface area contributed by atoms with E-state index < -0.39 is 5.97 Å². The first kappa shape index (κ1) is 18.1. The minimum absolute atomic E-state index is 0.248. The van der Waals surface area contributed by atoms with E-state index in [4.69, 9.17) is 5.11 Å². The molecule has 0 saturated carbocycles. The monoisotopic (exact) mass is 378 g/mol. The van der Waals surface area contributed by atoms with Crippen molar-refractivity contribution in [3.05, 3.63) is 54.5 Å². The number of nitrogens with one attached hydrogen (secondary N) is 1. The molecule has 3 heterocycles. The zero-order valence-electron chi connectivity index (χ0n) is 15.6. The Morgan fingerprint density at radius 1 is 1.18 bits per heavy atom.